The van der Waals surface area contributed by atoms with Crippen LogP contribution in [0.4, 0.5) is 5.69 Å². The largest absolute Gasteiger partial charge is 0.396 e. The summed E-state index contributed by atoms with van der Waals surface area (Å²) >= 11 is 0. The van der Waals surface area contributed by atoms with Gasteiger partial charge in [-0.25, -0.2) is 4.90 Å². The Morgan fingerprint density at radius 3 is 2.13 bits per heavy atom. The first kappa shape index (κ1) is 20.7. The molecule has 5 rings (SSSR count). The van der Waals surface area contributed by atoms with Gasteiger partial charge in [0.05, 0.1) is 34.4 Å². The Kier molecular flexibility index (Phi) is 5.02. The van der Waals surface area contributed by atoms with Crippen LogP contribution in [0, 0.1) is 18.8 Å². The molecule has 3 aliphatic heterocycles. The third-order valence-electron chi connectivity index (χ3n) is 6.52. The molecule has 2 aromatic rings. The first-order valence-electron chi connectivity index (χ1n) is 10.3. The van der Waals surface area contributed by atoms with Gasteiger partial charge in [0.1, 0.15) is 0 Å². The normalized spacial score (nSPS) is 31.7. The monoisotopic (exact) mass is 412 g/mol. The zero-order valence-corrected chi connectivity index (χ0v) is 17.8. The number of aliphatic hydroxyl groups excluding tert-OH is 1. The third-order valence-corrected chi connectivity index (χ3v) is 6.52. The van der Waals surface area contributed by atoms with Gasteiger partial charge in [-0.05, 0) is 45.7 Å². The number of nitrogens with zero attached hydrogens (tertiary/aromatic N) is 4. The van der Waals surface area contributed by atoms with Crippen molar-refractivity contribution in [3.63, 3.8) is 0 Å². The number of aliphatic hydroxyl groups is 1. The van der Waals surface area contributed by atoms with Crippen molar-refractivity contribution < 1.29 is 19.4 Å². The number of rotatable bonds is 3. The lowest BCUT2D eigenvalue weighted by Crippen LogP contribution is -2.40. The van der Waals surface area contributed by atoms with Crippen molar-refractivity contribution in [2.45, 2.75) is 51.2 Å². The summed E-state index contributed by atoms with van der Waals surface area (Å²) in [6.07, 6.45) is 4.08. The topological polar surface area (TPSA) is 97.5 Å². The maximum Gasteiger partial charge on any atom is 0.240 e. The van der Waals surface area contributed by atoms with Gasteiger partial charge >= 0.3 is 0 Å². The fraction of sp³-hybridized carbons (Fsp3) is 0.545. The zero-order chi connectivity index (χ0) is 21.7. The molecule has 0 saturated carbocycles. The Morgan fingerprint density at radius 2 is 1.67 bits per heavy atom. The molecule has 2 amide bonds. The zero-order valence-electron chi connectivity index (χ0n) is 17.8. The SMILES string of the molecule is Cc1ccc(N2C(=O)[C@@H]3[C@H](C2=O)[C@@]2(C)CCC3(C)O2)cc1.Cn1cc(CCO)nn1. The minimum atomic E-state index is -0.481. The molecule has 0 spiro atoms. The van der Waals surface area contributed by atoms with Crippen LogP contribution >= 0.6 is 0 Å². The van der Waals surface area contributed by atoms with Crippen LogP contribution in [0.2, 0.25) is 0 Å². The Hall–Kier alpha value is -2.58. The second-order valence-electron chi connectivity index (χ2n) is 8.89. The number of carbonyl (C=O) groups excluding carboxylic acids is 2. The number of ether oxygens (including phenoxy) is 1. The number of imide groups is 1. The fourth-order valence-electron chi connectivity index (χ4n) is 5.04. The molecule has 3 saturated heterocycles. The van der Waals surface area contributed by atoms with Gasteiger partial charge in [0.25, 0.3) is 0 Å². The van der Waals surface area contributed by atoms with E-state index >= 15 is 0 Å². The number of carbonyl (C=O) groups is 2. The lowest BCUT2D eigenvalue weighted by molar-refractivity contribution is -0.129. The highest BCUT2D eigenvalue weighted by Gasteiger charge is 2.72. The molecule has 1 aromatic heterocycles. The fourth-order valence-corrected chi connectivity index (χ4v) is 5.04. The van der Waals surface area contributed by atoms with Crippen LogP contribution < -0.4 is 4.90 Å². The van der Waals surface area contributed by atoms with Gasteiger partial charge in [-0.15, -0.1) is 5.10 Å². The standard InChI is InChI=1S/C17H19NO3.C5H9N3O/c1-10-4-6-11(7-5-10)18-14(19)12-13(15(18)20)17(3)9-8-16(12,2)21-17;1-8-4-5(2-3-9)6-7-8/h4-7,12-13H,8-9H2,1-3H3;4,9H,2-3H2,1H3/t12-,13+,16-,17?;/m1./s1. The lowest BCUT2D eigenvalue weighted by atomic mass is 9.69. The minimum absolute atomic E-state index is 0.0974. The second-order valence-corrected chi connectivity index (χ2v) is 8.89. The molecule has 1 N–H and O–H groups in total. The molecule has 2 bridgehead atoms. The Bertz CT molecular complexity index is 938. The maximum absolute atomic E-state index is 12.8. The van der Waals surface area contributed by atoms with Gasteiger partial charge < -0.3 is 9.84 Å². The molecular formula is C22H28N4O4. The number of aromatic nitrogens is 3. The molecular weight excluding hydrogens is 384 g/mol. The predicted molar refractivity (Wildman–Crippen MR) is 110 cm³/mol. The number of aryl methyl sites for hydroxylation is 2. The number of benzene rings is 1. The molecule has 0 radical (unpaired) electrons. The summed E-state index contributed by atoms with van der Waals surface area (Å²) in [6.45, 7) is 6.08. The molecule has 3 fully saturated rings. The van der Waals surface area contributed by atoms with E-state index in [4.69, 9.17) is 9.84 Å². The smallest absolute Gasteiger partial charge is 0.240 e. The Balaban J connectivity index is 0.000000204. The summed E-state index contributed by atoms with van der Waals surface area (Å²) in [6, 6.07) is 7.55. The average Bonchev–Trinajstić information content (AvgIpc) is 3.38. The Labute approximate surface area is 175 Å². The second kappa shape index (κ2) is 7.28. The number of anilines is 1. The van der Waals surface area contributed by atoms with Gasteiger partial charge in [0, 0.05) is 26.3 Å². The first-order chi connectivity index (χ1) is 14.2. The first-order valence-corrected chi connectivity index (χ1v) is 10.3. The van der Waals surface area contributed by atoms with E-state index in [-0.39, 0.29) is 30.3 Å². The Morgan fingerprint density at radius 1 is 1.10 bits per heavy atom. The lowest BCUT2D eigenvalue weighted by Gasteiger charge is -2.27. The highest BCUT2D eigenvalue weighted by Crippen LogP contribution is 2.60. The van der Waals surface area contributed by atoms with Crippen LogP contribution in [0.1, 0.15) is 37.9 Å². The summed E-state index contributed by atoms with van der Waals surface area (Å²) in [7, 11) is 1.80. The molecule has 30 heavy (non-hydrogen) atoms. The van der Waals surface area contributed by atoms with Crippen molar-refractivity contribution in [2.75, 3.05) is 11.5 Å². The molecule has 8 nitrogen and oxygen atoms in total. The predicted octanol–water partition coefficient (Wildman–Crippen LogP) is 1.79. The van der Waals surface area contributed by atoms with E-state index in [2.05, 4.69) is 10.3 Å². The summed E-state index contributed by atoms with van der Waals surface area (Å²) in [4.78, 5) is 27.1. The van der Waals surface area contributed by atoms with Crippen LogP contribution in [0.25, 0.3) is 0 Å². The third kappa shape index (κ3) is 3.24. The van der Waals surface area contributed by atoms with E-state index in [1.807, 2.05) is 45.0 Å². The van der Waals surface area contributed by atoms with Crippen molar-refractivity contribution in [3.8, 4) is 0 Å². The number of hydrogen-bond donors (Lipinski definition) is 1. The van der Waals surface area contributed by atoms with Gasteiger partial charge in [-0.3, -0.25) is 14.3 Å². The molecule has 3 aliphatic rings. The average molecular weight is 412 g/mol. The molecule has 1 aromatic carbocycles. The maximum atomic E-state index is 12.8. The van der Waals surface area contributed by atoms with Crippen molar-refractivity contribution in [2.24, 2.45) is 18.9 Å². The van der Waals surface area contributed by atoms with E-state index in [0.29, 0.717) is 12.1 Å². The van der Waals surface area contributed by atoms with E-state index in [1.54, 1.807) is 17.9 Å². The van der Waals surface area contributed by atoms with E-state index in [0.717, 1.165) is 24.1 Å². The molecule has 160 valence electrons. The van der Waals surface area contributed by atoms with Gasteiger partial charge in [0.2, 0.25) is 11.8 Å². The van der Waals surface area contributed by atoms with Crippen molar-refractivity contribution in [1.29, 1.82) is 0 Å². The quantitative estimate of drug-likeness (QED) is 0.772. The molecule has 8 heteroatoms. The van der Waals surface area contributed by atoms with Crippen LogP contribution in [0.5, 0.6) is 0 Å². The highest BCUT2D eigenvalue weighted by atomic mass is 16.5. The van der Waals surface area contributed by atoms with Crippen LogP contribution in [-0.4, -0.2) is 49.7 Å². The van der Waals surface area contributed by atoms with Gasteiger partial charge in [-0.1, -0.05) is 22.9 Å². The molecule has 0 aliphatic carbocycles. The number of amides is 2. The highest BCUT2D eigenvalue weighted by molar-refractivity contribution is 6.23. The number of fused-ring (bicyclic) bond motifs is 5. The molecule has 1 unspecified atom stereocenters. The molecule has 4 atom stereocenters. The number of hydrogen-bond acceptors (Lipinski definition) is 6. The van der Waals surface area contributed by atoms with Crippen LogP contribution in [-0.2, 0) is 27.8 Å². The summed E-state index contributed by atoms with van der Waals surface area (Å²) in [5, 5.41) is 15.9. The van der Waals surface area contributed by atoms with E-state index < -0.39 is 11.2 Å². The minimum Gasteiger partial charge on any atom is -0.396 e. The summed E-state index contributed by atoms with van der Waals surface area (Å²) < 4.78 is 7.71. The van der Waals surface area contributed by atoms with Crippen molar-refractivity contribution in [1.82, 2.24) is 15.0 Å². The summed E-state index contributed by atoms with van der Waals surface area (Å²) in [5.74, 6) is -0.852. The van der Waals surface area contributed by atoms with Crippen molar-refractivity contribution in [3.05, 3.63) is 41.7 Å². The van der Waals surface area contributed by atoms with Gasteiger partial charge in [0.15, 0.2) is 0 Å². The summed E-state index contributed by atoms with van der Waals surface area (Å²) in [5.41, 5.74) is 1.66. The van der Waals surface area contributed by atoms with Crippen LogP contribution in [0.15, 0.2) is 30.5 Å². The van der Waals surface area contributed by atoms with Gasteiger partial charge in [-0.2, -0.15) is 0 Å². The van der Waals surface area contributed by atoms with Crippen LogP contribution in [0.3, 0.4) is 0 Å². The van der Waals surface area contributed by atoms with E-state index in [9.17, 15) is 9.59 Å². The van der Waals surface area contributed by atoms with E-state index in [1.165, 1.54) is 4.90 Å². The van der Waals surface area contributed by atoms with Crippen molar-refractivity contribution >= 4 is 17.5 Å². The molecule has 4 heterocycles.